The van der Waals surface area contributed by atoms with E-state index >= 15 is 0 Å². The molecule has 0 radical (unpaired) electrons. The molecule has 0 aromatic carbocycles. The molecule has 0 amide bonds. The van der Waals surface area contributed by atoms with Gasteiger partial charge in [-0.3, -0.25) is 0 Å². The van der Waals surface area contributed by atoms with Gasteiger partial charge in [0.2, 0.25) is 0 Å². The molecule has 5 nitrogen and oxygen atoms in total. The molecule has 90 valence electrons. The zero-order valence-corrected chi connectivity index (χ0v) is 10.5. The van der Waals surface area contributed by atoms with Gasteiger partial charge in [0.1, 0.15) is 15.7 Å². The minimum Gasteiger partial charge on any atom is -0.331 e. The van der Waals surface area contributed by atoms with E-state index in [2.05, 4.69) is 10.3 Å². The Morgan fingerprint density at radius 3 is 2.94 bits per heavy atom. The van der Waals surface area contributed by atoms with Gasteiger partial charge < -0.3 is 9.88 Å². The van der Waals surface area contributed by atoms with Crippen molar-refractivity contribution in [3.8, 4) is 0 Å². The highest BCUT2D eigenvalue weighted by Crippen LogP contribution is 2.15. The first-order valence-electron chi connectivity index (χ1n) is 5.41. The molecular weight excluding hydrogens is 226 g/mol. The number of hydrogen-bond acceptors (Lipinski definition) is 4. The molecule has 16 heavy (non-hydrogen) atoms. The summed E-state index contributed by atoms with van der Waals surface area (Å²) in [6, 6.07) is 0. The molecule has 0 bridgehead atoms. The molecule has 0 saturated carbocycles. The fraction of sp³-hybridized carbons (Fsp3) is 0.700. The number of nitrogens with one attached hydrogen (secondary N) is 1. The largest absolute Gasteiger partial charge is 0.331 e. The third-order valence-corrected chi connectivity index (χ3v) is 3.79. The third kappa shape index (κ3) is 2.44. The van der Waals surface area contributed by atoms with E-state index in [1.165, 1.54) is 11.9 Å². The molecule has 1 aliphatic heterocycles. The maximum absolute atomic E-state index is 11.2. The van der Waals surface area contributed by atoms with Crippen molar-refractivity contribution >= 4 is 9.84 Å². The molecule has 6 heteroatoms. The average molecular weight is 243 g/mol. The van der Waals surface area contributed by atoms with Crippen LogP contribution in [0.5, 0.6) is 0 Å². The quantitative estimate of drug-likeness (QED) is 0.804. The highest BCUT2D eigenvalue weighted by atomic mass is 32.2. The summed E-state index contributed by atoms with van der Waals surface area (Å²) in [5.41, 5.74) is 2.26. The minimum absolute atomic E-state index is 0.185. The van der Waals surface area contributed by atoms with Gasteiger partial charge >= 0.3 is 0 Å². The van der Waals surface area contributed by atoms with Crippen molar-refractivity contribution in [1.29, 1.82) is 0 Å². The van der Waals surface area contributed by atoms with E-state index in [0.717, 1.165) is 31.0 Å². The number of nitrogens with zero attached hydrogens (tertiary/aromatic N) is 2. The summed E-state index contributed by atoms with van der Waals surface area (Å²) in [5, 5.41) is 3.26. The molecule has 2 heterocycles. The zero-order valence-electron chi connectivity index (χ0n) is 9.65. The molecule has 0 unspecified atom stereocenters. The van der Waals surface area contributed by atoms with E-state index in [4.69, 9.17) is 0 Å². The van der Waals surface area contributed by atoms with Crippen molar-refractivity contribution in [2.75, 3.05) is 18.6 Å². The van der Waals surface area contributed by atoms with Gasteiger partial charge in [0.15, 0.2) is 0 Å². The zero-order chi connectivity index (χ0) is 11.8. The van der Waals surface area contributed by atoms with Crippen molar-refractivity contribution in [3.63, 3.8) is 0 Å². The van der Waals surface area contributed by atoms with Crippen molar-refractivity contribution in [3.05, 3.63) is 17.2 Å². The molecule has 0 aliphatic carbocycles. The first kappa shape index (κ1) is 11.6. The average Bonchev–Trinajstić information content (AvgIpc) is 2.49. The smallest absolute Gasteiger partial charge is 0.149 e. The lowest BCUT2D eigenvalue weighted by atomic mass is 10.2. The highest BCUT2D eigenvalue weighted by Gasteiger charge is 2.18. The van der Waals surface area contributed by atoms with Crippen LogP contribution in [0.25, 0.3) is 0 Å². The normalized spacial score (nSPS) is 16.1. The van der Waals surface area contributed by atoms with Gasteiger partial charge in [-0.05, 0) is 6.92 Å². The summed E-state index contributed by atoms with van der Waals surface area (Å²) < 4.78 is 24.4. The monoisotopic (exact) mass is 243 g/mol. The van der Waals surface area contributed by atoms with Gasteiger partial charge in [0.25, 0.3) is 0 Å². The maximum Gasteiger partial charge on any atom is 0.149 e. The number of rotatable bonds is 3. The Morgan fingerprint density at radius 1 is 1.50 bits per heavy atom. The number of imidazole rings is 1. The van der Waals surface area contributed by atoms with Crippen molar-refractivity contribution in [2.24, 2.45) is 0 Å². The fourth-order valence-electron chi connectivity index (χ4n) is 2.06. The van der Waals surface area contributed by atoms with Crippen LogP contribution < -0.4 is 5.32 Å². The Kier molecular flexibility index (Phi) is 3.03. The summed E-state index contributed by atoms with van der Waals surface area (Å²) in [6.45, 7) is 4.19. The van der Waals surface area contributed by atoms with Crippen LogP contribution in [0.3, 0.4) is 0 Å². The van der Waals surface area contributed by atoms with E-state index in [1.807, 2.05) is 11.5 Å². The van der Waals surface area contributed by atoms with Crippen LogP contribution in [0, 0.1) is 6.92 Å². The molecule has 1 aliphatic rings. The second-order valence-electron chi connectivity index (χ2n) is 4.26. The van der Waals surface area contributed by atoms with Gasteiger partial charge in [-0.1, -0.05) is 0 Å². The van der Waals surface area contributed by atoms with E-state index in [9.17, 15) is 8.42 Å². The molecule has 0 spiro atoms. The lowest BCUT2D eigenvalue weighted by molar-refractivity contribution is 0.578. The van der Waals surface area contributed by atoms with Gasteiger partial charge in [0, 0.05) is 38.0 Å². The first-order valence-corrected chi connectivity index (χ1v) is 7.47. The molecule has 0 saturated heterocycles. The molecule has 2 rings (SSSR count). The van der Waals surface area contributed by atoms with Gasteiger partial charge in [-0.25, -0.2) is 13.4 Å². The van der Waals surface area contributed by atoms with Crippen molar-refractivity contribution < 1.29 is 8.42 Å². The van der Waals surface area contributed by atoms with Gasteiger partial charge in [0.05, 0.1) is 11.4 Å². The van der Waals surface area contributed by atoms with Crippen LogP contribution >= 0.6 is 0 Å². The molecule has 1 aromatic heterocycles. The molecule has 1 N–H and O–H groups in total. The topological polar surface area (TPSA) is 64.0 Å². The summed E-state index contributed by atoms with van der Waals surface area (Å²) >= 11 is 0. The number of aromatic nitrogens is 2. The van der Waals surface area contributed by atoms with Gasteiger partial charge in [-0.15, -0.1) is 0 Å². The predicted octanol–water partition coefficient (Wildman–Crippen LogP) is -0.118. The molecule has 1 aromatic rings. The summed E-state index contributed by atoms with van der Waals surface area (Å²) in [7, 11) is -2.91. The fourth-order valence-corrected chi connectivity index (χ4v) is 2.57. The number of hydrogen-bond donors (Lipinski definition) is 1. The van der Waals surface area contributed by atoms with E-state index in [1.54, 1.807) is 0 Å². The van der Waals surface area contributed by atoms with Crippen LogP contribution in [0.2, 0.25) is 0 Å². The van der Waals surface area contributed by atoms with Crippen LogP contribution in [0.15, 0.2) is 0 Å². The summed E-state index contributed by atoms with van der Waals surface area (Å²) in [4.78, 5) is 4.46. The second-order valence-corrected chi connectivity index (χ2v) is 6.52. The summed E-state index contributed by atoms with van der Waals surface area (Å²) in [5.74, 6) is 1.10. The number of fused-ring (bicyclic) bond motifs is 1. The maximum atomic E-state index is 11.2. The Morgan fingerprint density at radius 2 is 2.25 bits per heavy atom. The summed E-state index contributed by atoms with van der Waals surface area (Å²) in [6.07, 6.45) is 2.20. The Balaban J connectivity index is 2.23. The van der Waals surface area contributed by atoms with Crippen LogP contribution in [-0.2, 0) is 29.3 Å². The Hall–Kier alpha value is -0.880. The minimum atomic E-state index is -2.91. The molecule has 0 fully saturated rings. The van der Waals surface area contributed by atoms with E-state index in [-0.39, 0.29) is 5.75 Å². The lowest BCUT2D eigenvalue weighted by Crippen LogP contribution is -2.25. The molecular formula is C10H17N3O2S. The molecule has 0 atom stereocenters. The third-order valence-electron chi connectivity index (χ3n) is 2.86. The number of aryl methyl sites for hydroxylation is 1. The van der Waals surface area contributed by atoms with Crippen molar-refractivity contribution in [2.45, 2.75) is 26.4 Å². The van der Waals surface area contributed by atoms with Gasteiger partial charge in [-0.2, -0.15) is 0 Å². The SMILES string of the molecule is Cc1nc2c(n1CCS(C)(=O)=O)CCNC2. The Labute approximate surface area is 95.8 Å². The lowest BCUT2D eigenvalue weighted by Gasteiger charge is -2.15. The van der Waals surface area contributed by atoms with Crippen LogP contribution in [0.4, 0.5) is 0 Å². The van der Waals surface area contributed by atoms with Crippen molar-refractivity contribution in [1.82, 2.24) is 14.9 Å². The van der Waals surface area contributed by atoms with Crippen LogP contribution in [0.1, 0.15) is 17.2 Å². The van der Waals surface area contributed by atoms with Crippen LogP contribution in [-0.4, -0.2) is 36.5 Å². The Bertz CT molecular complexity index is 490. The van der Waals surface area contributed by atoms with E-state index < -0.39 is 9.84 Å². The standard InChI is InChI=1S/C10H17N3O2S/c1-8-12-9-7-11-4-3-10(9)13(8)5-6-16(2,14)15/h11H,3-7H2,1-2H3. The first-order chi connectivity index (χ1) is 7.47. The van der Waals surface area contributed by atoms with E-state index in [0.29, 0.717) is 6.54 Å². The second kappa shape index (κ2) is 4.18. The predicted molar refractivity (Wildman–Crippen MR) is 62.1 cm³/mol. The number of sulfone groups is 1. The highest BCUT2D eigenvalue weighted by molar-refractivity contribution is 7.90.